The molecule has 6 nitrogen and oxygen atoms in total. The predicted octanol–water partition coefficient (Wildman–Crippen LogP) is 4.71. The van der Waals surface area contributed by atoms with Crippen LogP contribution in [0.1, 0.15) is 33.3 Å². The van der Waals surface area contributed by atoms with E-state index in [1.165, 1.54) is 29.2 Å². The molecule has 9 heteroatoms. The lowest BCUT2D eigenvalue weighted by atomic mass is 10.0. The van der Waals surface area contributed by atoms with Gasteiger partial charge in [-0.2, -0.15) is 0 Å². The molecular weight excluding hydrogens is 486 g/mol. The number of halogens is 2. The number of hydrogen-bond acceptors (Lipinski definition) is 5. The molecule has 2 amide bonds. The molecule has 2 aromatic carbocycles. The van der Waals surface area contributed by atoms with Gasteiger partial charge in [-0.1, -0.05) is 24.3 Å². The summed E-state index contributed by atoms with van der Waals surface area (Å²) >= 11 is 1.61. The zero-order valence-corrected chi connectivity index (χ0v) is 20.8. The normalized spacial score (nSPS) is 14.9. The maximum Gasteiger partial charge on any atom is 0.257 e. The molecule has 0 saturated heterocycles. The van der Waals surface area contributed by atoms with Crippen molar-refractivity contribution in [1.82, 2.24) is 9.80 Å². The van der Waals surface area contributed by atoms with Gasteiger partial charge in [0, 0.05) is 31.7 Å². The Morgan fingerprint density at radius 2 is 1.83 bits per heavy atom. The van der Waals surface area contributed by atoms with Crippen LogP contribution in [0.4, 0.5) is 8.78 Å². The number of fused-ring (bicyclic) bond motifs is 1. The Labute approximate surface area is 213 Å². The van der Waals surface area contributed by atoms with Gasteiger partial charge < -0.3 is 19.3 Å². The van der Waals surface area contributed by atoms with Crippen molar-refractivity contribution in [3.63, 3.8) is 0 Å². The number of hydrogen-bond donors (Lipinski definition) is 0. The largest absolute Gasteiger partial charge is 0.488 e. The molecule has 1 atom stereocenters. The quantitative estimate of drug-likeness (QED) is 0.368. The molecule has 3 aromatic rings. The lowest BCUT2D eigenvalue weighted by molar-refractivity contribution is -0.135. The van der Waals surface area contributed by atoms with Crippen LogP contribution in [-0.4, -0.2) is 61.6 Å². The molecule has 0 aliphatic carbocycles. The van der Waals surface area contributed by atoms with Gasteiger partial charge in [-0.15, -0.1) is 11.3 Å². The predicted molar refractivity (Wildman–Crippen MR) is 133 cm³/mol. The Hall–Kier alpha value is -3.30. The molecule has 0 N–H and O–H groups in total. The van der Waals surface area contributed by atoms with Crippen molar-refractivity contribution in [2.45, 2.75) is 18.9 Å². The van der Waals surface area contributed by atoms with Gasteiger partial charge in [-0.3, -0.25) is 9.59 Å². The molecule has 0 radical (unpaired) electrons. The topological polar surface area (TPSA) is 59.1 Å². The molecule has 1 aromatic heterocycles. The number of carbonyl (C=O) groups excluding carboxylic acids is 2. The highest BCUT2D eigenvalue weighted by Crippen LogP contribution is 2.34. The number of thiophene rings is 1. The van der Waals surface area contributed by atoms with E-state index < -0.39 is 23.6 Å². The number of para-hydroxylation sites is 1. The van der Waals surface area contributed by atoms with Crippen LogP contribution < -0.4 is 4.74 Å². The summed E-state index contributed by atoms with van der Waals surface area (Å²) in [5.74, 6) is -1.83. The minimum atomic E-state index is -0.635. The fourth-order valence-electron chi connectivity index (χ4n) is 4.32. The second kappa shape index (κ2) is 12.1. The lowest BCUT2D eigenvalue weighted by Crippen LogP contribution is -2.48. The molecular formula is C27H28F2N2O4S. The number of amides is 2. The summed E-state index contributed by atoms with van der Waals surface area (Å²) in [6.45, 7) is 0.933. The van der Waals surface area contributed by atoms with Gasteiger partial charge in [0.25, 0.3) is 5.91 Å². The smallest absolute Gasteiger partial charge is 0.257 e. The average molecular weight is 515 g/mol. The van der Waals surface area contributed by atoms with Gasteiger partial charge in [-0.05, 0) is 54.1 Å². The molecule has 0 fully saturated rings. The Morgan fingerprint density at radius 3 is 2.58 bits per heavy atom. The molecule has 2 heterocycles. The van der Waals surface area contributed by atoms with Crippen LogP contribution in [0.2, 0.25) is 0 Å². The van der Waals surface area contributed by atoms with Crippen LogP contribution >= 0.6 is 11.3 Å². The Morgan fingerprint density at radius 1 is 1.08 bits per heavy atom. The van der Waals surface area contributed by atoms with E-state index in [0.717, 1.165) is 10.4 Å². The first-order chi connectivity index (χ1) is 17.5. The molecule has 1 aliphatic heterocycles. The fourth-order valence-corrected chi connectivity index (χ4v) is 5.24. The number of ether oxygens (including phenoxy) is 2. The minimum Gasteiger partial charge on any atom is -0.488 e. The fraction of sp³-hybridized carbons (Fsp3) is 0.333. The van der Waals surface area contributed by atoms with E-state index in [1.54, 1.807) is 47.6 Å². The van der Waals surface area contributed by atoms with Crippen molar-refractivity contribution in [3.8, 4) is 5.75 Å². The zero-order valence-electron chi connectivity index (χ0n) is 20.0. The van der Waals surface area contributed by atoms with Crippen LogP contribution in [-0.2, 0) is 16.0 Å². The van der Waals surface area contributed by atoms with Crippen LogP contribution in [0.15, 0.2) is 60.0 Å². The van der Waals surface area contributed by atoms with Crippen molar-refractivity contribution >= 4 is 23.2 Å². The van der Waals surface area contributed by atoms with Crippen molar-refractivity contribution < 1.29 is 27.8 Å². The number of methoxy groups -OCH3 is 1. The van der Waals surface area contributed by atoms with Gasteiger partial charge in [-0.25, -0.2) is 8.78 Å². The summed E-state index contributed by atoms with van der Waals surface area (Å²) in [6, 6.07) is 13.4. The Bertz CT molecular complexity index is 1200. The van der Waals surface area contributed by atoms with Crippen molar-refractivity contribution in [3.05, 3.63) is 87.6 Å². The van der Waals surface area contributed by atoms with Crippen LogP contribution in [0.25, 0.3) is 0 Å². The summed E-state index contributed by atoms with van der Waals surface area (Å²) in [5, 5.41) is 1.97. The third kappa shape index (κ3) is 5.91. The van der Waals surface area contributed by atoms with Crippen molar-refractivity contribution in [2.24, 2.45) is 0 Å². The summed E-state index contributed by atoms with van der Waals surface area (Å²) < 4.78 is 39.4. The van der Waals surface area contributed by atoms with Crippen LogP contribution in [0.3, 0.4) is 0 Å². The summed E-state index contributed by atoms with van der Waals surface area (Å²) in [4.78, 5) is 30.9. The van der Waals surface area contributed by atoms with Crippen LogP contribution in [0.5, 0.6) is 5.75 Å². The SMILES string of the molecule is COCCCN(CC(=O)N1CCc2sccc2[C@@H]1COc1ccccc1F)C(=O)c1ccccc1F. The molecule has 36 heavy (non-hydrogen) atoms. The number of carbonyl (C=O) groups is 2. The van der Waals surface area contributed by atoms with Crippen molar-refractivity contribution in [2.75, 3.05) is 40.0 Å². The minimum absolute atomic E-state index is 0.0708. The monoisotopic (exact) mass is 514 g/mol. The van der Waals surface area contributed by atoms with Gasteiger partial charge >= 0.3 is 0 Å². The van der Waals surface area contributed by atoms with Gasteiger partial charge in [0.2, 0.25) is 5.91 Å². The van der Waals surface area contributed by atoms with E-state index in [9.17, 15) is 18.4 Å². The van der Waals surface area contributed by atoms with E-state index in [0.29, 0.717) is 26.0 Å². The standard InChI is InChI=1S/C27H28F2N2O4S/c1-34-15-6-13-30(27(33)19-7-2-3-8-21(19)28)17-26(32)31-14-11-25-20(12-16-36-25)23(31)18-35-24-10-5-4-9-22(24)29/h2-5,7-10,12,16,23H,6,11,13-15,17-18H2,1H3/t23-/m0/s1. The van der Waals surface area contributed by atoms with E-state index in [4.69, 9.17) is 9.47 Å². The molecule has 4 rings (SSSR count). The third-order valence-corrected chi connectivity index (χ3v) is 7.14. The van der Waals surface area contributed by atoms with Crippen molar-refractivity contribution in [1.29, 1.82) is 0 Å². The molecule has 0 unspecified atom stereocenters. The highest BCUT2D eigenvalue weighted by atomic mass is 32.1. The maximum absolute atomic E-state index is 14.4. The number of nitrogens with zero attached hydrogens (tertiary/aromatic N) is 2. The van der Waals surface area contributed by atoms with Gasteiger partial charge in [0.1, 0.15) is 19.0 Å². The first-order valence-electron chi connectivity index (χ1n) is 11.8. The van der Waals surface area contributed by atoms with Gasteiger partial charge in [0.15, 0.2) is 11.6 Å². The second-order valence-electron chi connectivity index (χ2n) is 8.45. The molecule has 1 aliphatic rings. The molecule has 0 bridgehead atoms. The third-order valence-electron chi connectivity index (χ3n) is 6.14. The molecule has 190 valence electrons. The van der Waals surface area contributed by atoms with Gasteiger partial charge in [0.05, 0.1) is 11.6 Å². The molecule has 0 saturated carbocycles. The van der Waals surface area contributed by atoms with E-state index in [1.807, 2.05) is 11.4 Å². The first-order valence-corrected chi connectivity index (χ1v) is 12.6. The Balaban J connectivity index is 1.54. The number of rotatable bonds is 10. The summed E-state index contributed by atoms with van der Waals surface area (Å²) in [5.41, 5.74) is 0.878. The molecule has 0 spiro atoms. The average Bonchev–Trinajstić information content (AvgIpc) is 3.37. The van der Waals surface area contributed by atoms with E-state index >= 15 is 0 Å². The second-order valence-corrected chi connectivity index (χ2v) is 9.45. The lowest BCUT2D eigenvalue weighted by Gasteiger charge is -2.37. The maximum atomic E-state index is 14.4. The first kappa shape index (κ1) is 25.8. The zero-order chi connectivity index (χ0) is 25.5. The Kier molecular flexibility index (Phi) is 8.66. The van der Waals surface area contributed by atoms with E-state index in [2.05, 4.69) is 0 Å². The van der Waals surface area contributed by atoms with Crippen LogP contribution in [0, 0.1) is 11.6 Å². The highest BCUT2D eigenvalue weighted by Gasteiger charge is 2.34. The van der Waals surface area contributed by atoms with E-state index in [-0.39, 0.29) is 36.9 Å². The summed E-state index contributed by atoms with van der Waals surface area (Å²) in [7, 11) is 1.56. The number of benzene rings is 2. The highest BCUT2D eigenvalue weighted by molar-refractivity contribution is 7.10. The summed E-state index contributed by atoms with van der Waals surface area (Å²) in [6.07, 6.45) is 1.18.